The van der Waals surface area contributed by atoms with Crippen LogP contribution in [0.25, 0.3) is 0 Å². The molecule has 1 aromatic rings. The van der Waals surface area contributed by atoms with Gasteiger partial charge in [0, 0.05) is 7.05 Å². The van der Waals surface area contributed by atoms with Gasteiger partial charge < -0.3 is 4.90 Å². The molecule has 2 rings (SSSR count). The minimum atomic E-state index is -0.221. The van der Waals surface area contributed by atoms with Crippen LogP contribution in [-0.2, 0) is 4.79 Å². The highest BCUT2D eigenvalue weighted by Gasteiger charge is 2.26. The van der Waals surface area contributed by atoms with E-state index in [-0.39, 0.29) is 11.9 Å². The van der Waals surface area contributed by atoms with Crippen molar-refractivity contribution in [1.82, 2.24) is 15.2 Å². The number of benzene rings is 1. The molecule has 0 spiro atoms. The van der Waals surface area contributed by atoms with Crippen LogP contribution in [0, 0.1) is 6.92 Å². The summed E-state index contributed by atoms with van der Waals surface area (Å²) in [5, 5.41) is 0. The first kappa shape index (κ1) is 16.1. The quantitative estimate of drug-likeness (QED) is 0.653. The lowest BCUT2D eigenvalue weighted by atomic mass is 10.2. The number of carbonyl (C=O) groups is 1. The highest BCUT2D eigenvalue weighted by molar-refractivity contribution is 8.22. The van der Waals surface area contributed by atoms with Crippen molar-refractivity contribution in [2.45, 2.75) is 19.9 Å². The normalized spacial score (nSPS) is 17.5. The Hall–Kier alpha value is -1.31. The first-order valence-electron chi connectivity index (χ1n) is 6.72. The SMILES string of the molecule is Cc1ccc(NNC(=O)[C@H](C)N2CSC(=S)N(C)C2)cc1. The Labute approximate surface area is 135 Å². The fraction of sp³-hybridized carbons (Fsp3) is 0.429. The zero-order valence-electron chi connectivity index (χ0n) is 12.4. The minimum absolute atomic E-state index is 0.0580. The van der Waals surface area contributed by atoms with E-state index in [9.17, 15) is 4.79 Å². The molecule has 1 atom stereocenters. The summed E-state index contributed by atoms with van der Waals surface area (Å²) in [6.45, 7) is 4.60. The van der Waals surface area contributed by atoms with Crippen LogP contribution < -0.4 is 10.9 Å². The molecule has 1 saturated heterocycles. The van der Waals surface area contributed by atoms with Crippen LogP contribution in [0.5, 0.6) is 0 Å². The molecule has 1 aromatic carbocycles. The minimum Gasteiger partial charge on any atom is -0.347 e. The van der Waals surface area contributed by atoms with Gasteiger partial charge in [-0.25, -0.2) is 0 Å². The van der Waals surface area contributed by atoms with E-state index < -0.39 is 0 Å². The molecule has 114 valence electrons. The summed E-state index contributed by atoms with van der Waals surface area (Å²) in [6, 6.07) is 7.64. The number of nitrogens with one attached hydrogen (secondary N) is 2. The number of amides is 1. The third-order valence-electron chi connectivity index (χ3n) is 3.37. The molecular formula is C14H20N4OS2. The fourth-order valence-electron chi connectivity index (χ4n) is 1.89. The summed E-state index contributed by atoms with van der Waals surface area (Å²) in [6.07, 6.45) is 0. The summed E-state index contributed by atoms with van der Waals surface area (Å²) in [4.78, 5) is 16.2. The zero-order chi connectivity index (χ0) is 15.4. The van der Waals surface area contributed by atoms with Crippen LogP contribution >= 0.6 is 24.0 Å². The molecule has 1 heterocycles. The van der Waals surface area contributed by atoms with Gasteiger partial charge in [0.2, 0.25) is 0 Å². The van der Waals surface area contributed by atoms with E-state index in [1.165, 1.54) is 5.56 Å². The molecule has 5 nitrogen and oxygen atoms in total. The van der Waals surface area contributed by atoms with Crippen molar-refractivity contribution in [3.05, 3.63) is 29.8 Å². The largest absolute Gasteiger partial charge is 0.347 e. The van der Waals surface area contributed by atoms with E-state index in [4.69, 9.17) is 12.2 Å². The number of rotatable bonds is 4. The molecule has 0 radical (unpaired) electrons. The molecule has 2 N–H and O–H groups in total. The van der Waals surface area contributed by atoms with Crippen LogP contribution in [0.4, 0.5) is 5.69 Å². The van der Waals surface area contributed by atoms with Crippen molar-refractivity contribution in [2.24, 2.45) is 0 Å². The number of hydrogen-bond donors (Lipinski definition) is 2. The van der Waals surface area contributed by atoms with Crippen molar-refractivity contribution < 1.29 is 4.79 Å². The highest BCUT2D eigenvalue weighted by atomic mass is 32.2. The van der Waals surface area contributed by atoms with E-state index in [1.54, 1.807) is 11.8 Å². The Morgan fingerprint density at radius 1 is 1.38 bits per heavy atom. The first-order valence-corrected chi connectivity index (χ1v) is 8.11. The molecule has 1 amide bonds. The monoisotopic (exact) mass is 324 g/mol. The third-order valence-corrected chi connectivity index (χ3v) is 5.05. The molecule has 21 heavy (non-hydrogen) atoms. The Bertz CT molecular complexity index is 520. The Balaban J connectivity index is 1.85. The van der Waals surface area contributed by atoms with Crippen LogP contribution in [0.2, 0.25) is 0 Å². The van der Waals surface area contributed by atoms with Gasteiger partial charge >= 0.3 is 0 Å². The lowest BCUT2D eigenvalue weighted by molar-refractivity contribution is -0.125. The van der Waals surface area contributed by atoms with E-state index in [2.05, 4.69) is 15.8 Å². The second-order valence-corrected chi connectivity index (χ2v) is 6.70. The molecule has 0 aromatic heterocycles. The van der Waals surface area contributed by atoms with Gasteiger partial charge in [0.05, 0.1) is 24.3 Å². The van der Waals surface area contributed by atoms with E-state index in [0.29, 0.717) is 6.67 Å². The molecular weight excluding hydrogens is 304 g/mol. The molecule has 7 heteroatoms. The fourth-order valence-corrected chi connectivity index (χ4v) is 2.97. The van der Waals surface area contributed by atoms with Crippen LogP contribution in [0.15, 0.2) is 24.3 Å². The summed E-state index contributed by atoms with van der Waals surface area (Å²) in [7, 11) is 1.94. The van der Waals surface area contributed by atoms with Gasteiger partial charge in [-0.05, 0) is 26.0 Å². The van der Waals surface area contributed by atoms with Crippen molar-refractivity contribution in [3.8, 4) is 0 Å². The van der Waals surface area contributed by atoms with Crippen molar-refractivity contribution >= 4 is 39.9 Å². The highest BCUT2D eigenvalue weighted by Crippen LogP contribution is 2.19. The number of aryl methyl sites for hydroxylation is 1. The molecule has 0 aliphatic carbocycles. The number of nitrogens with zero attached hydrogens (tertiary/aromatic N) is 2. The summed E-state index contributed by atoms with van der Waals surface area (Å²) >= 11 is 6.79. The predicted octanol–water partition coefficient (Wildman–Crippen LogP) is 2.01. The molecule has 0 saturated carbocycles. The zero-order valence-corrected chi connectivity index (χ0v) is 14.1. The standard InChI is InChI=1S/C14H20N4OS2/c1-10-4-6-12(7-5-10)15-16-13(19)11(2)18-8-17(3)14(20)21-9-18/h4-7,11,15H,8-9H2,1-3H3,(H,16,19)/t11-/m0/s1. The van der Waals surface area contributed by atoms with Crippen molar-refractivity contribution in [1.29, 1.82) is 0 Å². The maximum atomic E-state index is 12.2. The predicted molar refractivity (Wildman–Crippen MR) is 91.9 cm³/mol. The van der Waals surface area contributed by atoms with Crippen LogP contribution in [-0.4, -0.2) is 45.7 Å². The number of thiocarbonyl (C=S) groups is 1. The van der Waals surface area contributed by atoms with E-state index >= 15 is 0 Å². The second-order valence-electron chi connectivity index (χ2n) is 5.12. The average Bonchev–Trinajstić information content (AvgIpc) is 2.48. The third kappa shape index (κ3) is 4.33. The average molecular weight is 324 g/mol. The number of anilines is 1. The number of hydrazine groups is 1. The van der Waals surface area contributed by atoms with E-state index in [1.807, 2.05) is 50.1 Å². The number of carbonyl (C=O) groups excluding carboxylic acids is 1. The van der Waals surface area contributed by atoms with Gasteiger partial charge in [-0.2, -0.15) is 0 Å². The van der Waals surface area contributed by atoms with Crippen LogP contribution in [0.1, 0.15) is 12.5 Å². The second kappa shape index (κ2) is 7.11. The lowest BCUT2D eigenvalue weighted by Crippen LogP contribution is -2.52. The number of thioether (sulfide) groups is 1. The molecule has 0 unspecified atom stereocenters. The van der Waals surface area contributed by atoms with Gasteiger partial charge in [0.25, 0.3) is 5.91 Å². The summed E-state index contributed by atoms with van der Waals surface area (Å²) in [5.74, 6) is 0.680. The van der Waals surface area contributed by atoms with Gasteiger partial charge in [-0.3, -0.25) is 20.5 Å². The molecule has 0 bridgehead atoms. The van der Waals surface area contributed by atoms with Gasteiger partial charge in [-0.1, -0.05) is 41.7 Å². The Kier molecular flexibility index (Phi) is 5.44. The van der Waals surface area contributed by atoms with E-state index in [0.717, 1.165) is 15.9 Å². The molecule has 1 aliphatic heterocycles. The first-order chi connectivity index (χ1) is 9.97. The summed E-state index contributed by atoms with van der Waals surface area (Å²) in [5.41, 5.74) is 7.74. The lowest BCUT2D eigenvalue weighted by Gasteiger charge is -2.37. The Morgan fingerprint density at radius 2 is 2.05 bits per heavy atom. The van der Waals surface area contributed by atoms with Gasteiger partial charge in [-0.15, -0.1) is 0 Å². The smallest absolute Gasteiger partial charge is 0.255 e. The summed E-state index contributed by atoms with van der Waals surface area (Å²) < 4.78 is 0.872. The Morgan fingerprint density at radius 3 is 2.67 bits per heavy atom. The van der Waals surface area contributed by atoms with Crippen molar-refractivity contribution in [3.63, 3.8) is 0 Å². The molecule has 1 fully saturated rings. The van der Waals surface area contributed by atoms with Gasteiger partial charge in [0.1, 0.15) is 4.32 Å². The maximum absolute atomic E-state index is 12.2. The molecule has 1 aliphatic rings. The van der Waals surface area contributed by atoms with Gasteiger partial charge in [0.15, 0.2) is 0 Å². The van der Waals surface area contributed by atoms with Crippen molar-refractivity contribution in [2.75, 3.05) is 25.0 Å². The number of hydrogen-bond acceptors (Lipinski definition) is 5. The van der Waals surface area contributed by atoms with Crippen LogP contribution in [0.3, 0.4) is 0 Å². The topological polar surface area (TPSA) is 47.6 Å². The maximum Gasteiger partial charge on any atom is 0.255 e.